The minimum atomic E-state index is -0.0257. The summed E-state index contributed by atoms with van der Waals surface area (Å²) in [5.41, 5.74) is 1.22. The van der Waals surface area contributed by atoms with Crippen molar-refractivity contribution in [3.8, 4) is 6.07 Å². The average Bonchev–Trinajstić information content (AvgIpc) is 2.67. The molecule has 25 heavy (non-hydrogen) atoms. The molecule has 0 atom stereocenters. The first kappa shape index (κ1) is 16.9. The molecular weight excluding hydrogens is 314 g/mol. The van der Waals surface area contributed by atoms with Crippen LogP contribution in [0.5, 0.6) is 0 Å². The molecule has 1 aromatic heterocycles. The molecule has 6 heteroatoms. The number of carbonyl (C=O) groups excluding carboxylic acids is 1. The Bertz CT molecular complexity index is 748. The van der Waals surface area contributed by atoms with Crippen LogP contribution in [-0.4, -0.2) is 48.5 Å². The van der Waals surface area contributed by atoms with Gasteiger partial charge in [-0.3, -0.25) is 9.69 Å². The lowest BCUT2D eigenvalue weighted by Crippen LogP contribution is -2.47. The van der Waals surface area contributed by atoms with Gasteiger partial charge in [0.25, 0.3) is 0 Å². The van der Waals surface area contributed by atoms with E-state index in [0.717, 1.165) is 38.5 Å². The topological polar surface area (TPSA) is 72.3 Å². The standard InChI is InChI=1S/C19H21N5O/c20-15-16-4-3-5-17(14-16)22-19(25)7-9-23-10-12-24(13-11-23)18-6-1-2-8-21-18/h1-6,8,14H,7,9-13H2,(H,22,25). The first-order chi connectivity index (χ1) is 12.2. The number of pyridine rings is 1. The van der Waals surface area contributed by atoms with Gasteiger partial charge in [0.05, 0.1) is 11.6 Å². The highest BCUT2D eigenvalue weighted by molar-refractivity contribution is 5.90. The molecule has 2 aromatic rings. The summed E-state index contributed by atoms with van der Waals surface area (Å²) in [7, 11) is 0. The van der Waals surface area contributed by atoms with Crippen LogP contribution in [0.25, 0.3) is 0 Å². The van der Waals surface area contributed by atoms with Crippen molar-refractivity contribution in [3.63, 3.8) is 0 Å². The highest BCUT2D eigenvalue weighted by Crippen LogP contribution is 2.13. The van der Waals surface area contributed by atoms with Gasteiger partial charge in [0.15, 0.2) is 0 Å². The molecule has 1 amide bonds. The summed E-state index contributed by atoms with van der Waals surface area (Å²) >= 11 is 0. The summed E-state index contributed by atoms with van der Waals surface area (Å²) in [6.07, 6.45) is 2.26. The van der Waals surface area contributed by atoms with Gasteiger partial charge in [-0.25, -0.2) is 4.98 Å². The normalized spacial score (nSPS) is 14.8. The number of aromatic nitrogens is 1. The van der Waals surface area contributed by atoms with Crippen molar-refractivity contribution >= 4 is 17.4 Å². The van der Waals surface area contributed by atoms with E-state index in [-0.39, 0.29) is 5.91 Å². The van der Waals surface area contributed by atoms with Crippen molar-refractivity contribution in [1.29, 1.82) is 5.26 Å². The number of carbonyl (C=O) groups is 1. The number of piperazine rings is 1. The maximum atomic E-state index is 12.1. The van der Waals surface area contributed by atoms with Crippen LogP contribution in [0.1, 0.15) is 12.0 Å². The molecule has 6 nitrogen and oxygen atoms in total. The van der Waals surface area contributed by atoms with Crippen molar-refractivity contribution < 1.29 is 4.79 Å². The smallest absolute Gasteiger partial charge is 0.225 e. The van der Waals surface area contributed by atoms with Crippen LogP contribution in [0, 0.1) is 11.3 Å². The third kappa shape index (κ3) is 4.78. The van der Waals surface area contributed by atoms with Crippen molar-refractivity contribution in [2.75, 3.05) is 42.9 Å². The van der Waals surface area contributed by atoms with Crippen molar-refractivity contribution in [3.05, 3.63) is 54.2 Å². The molecule has 1 aliphatic heterocycles. The predicted molar refractivity (Wildman–Crippen MR) is 97.3 cm³/mol. The first-order valence-corrected chi connectivity index (χ1v) is 8.43. The molecule has 0 bridgehead atoms. The molecular formula is C19H21N5O. The molecule has 0 spiro atoms. The lowest BCUT2D eigenvalue weighted by atomic mass is 10.2. The lowest BCUT2D eigenvalue weighted by molar-refractivity contribution is -0.116. The molecule has 0 unspecified atom stereocenters. The molecule has 0 radical (unpaired) electrons. The number of nitrogens with one attached hydrogen (secondary N) is 1. The largest absolute Gasteiger partial charge is 0.354 e. The second-order valence-corrected chi connectivity index (χ2v) is 6.01. The van der Waals surface area contributed by atoms with E-state index in [9.17, 15) is 4.79 Å². The molecule has 1 aliphatic rings. The second-order valence-electron chi connectivity index (χ2n) is 6.01. The van der Waals surface area contributed by atoms with Crippen LogP contribution >= 0.6 is 0 Å². The van der Waals surface area contributed by atoms with Crippen LogP contribution in [0.3, 0.4) is 0 Å². The van der Waals surface area contributed by atoms with E-state index in [1.165, 1.54) is 0 Å². The third-order valence-corrected chi connectivity index (χ3v) is 4.28. The summed E-state index contributed by atoms with van der Waals surface area (Å²) in [6, 6.07) is 15.0. The number of hydrogen-bond donors (Lipinski definition) is 1. The summed E-state index contributed by atoms with van der Waals surface area (Å²) in [5, 5.41) is 11.7. The Hall–Kier alpha value is -2.91. The average molecular weight is 335 g/mol. The van der Waals surface area contributed by atoms with E-state index < -0.39 is 0 Å². The summed E-state index contributed by atoms with van der Waals surface area (Å²) < 4.78 is 0. The van der Waals surface area contributed by atoms with Gasteiger partial charge in [0, 0.05) is 51.0 Å². The van der Waals surface area contributed by atoms with Gasteiger partial charge in [-0.15, -0.1) is 0 Å². The number of hydrogen-bond acceptors (Lipinski definition) is 5. The summed E-state index contributed by atoms with van der Waals surface area (Å²) in [5.74, 6) is 0.986. The van der Waals surface area contributed by atoms with Crippen molar-refractivity contribution in [2.45, 2.75) is 6.42 Å². The second kappa shape index (κ2) is 8.27. The fraction of sp³-hybridized carbons (Fsp3) is 0.316. The Kier molecular flexibility index (Phi) is 5.60. The number of amides is 1. The van der Waals surface area contributed by atoms with Gasteiger partial charge in [0.1, 0.15) is 5.82 Å². The highest BCUT2D eigenvalue weighted by Gasteiger charge is 2.18. The Labute approximate surface area is 147 Å². The monoisotopic (exact) mass is 335 g/mol. The minimum absolute atomic E-state index is 0.0257. The minimum Gasteiger partial charge on any atom is -0.354 e. The molecule has 128 valence electrons. The molecule has 0 saturated carbocycles. The zero-order valence-corrected chi connectivity index (χ0v) is 14.1. The molecule has 1 fully saturated rings. The Balaban J connectivity index is 1.42. The maximum absolute atomic E-state index is 12.1. The Morgan fingerprint density at radius 2 is 2.00 bits per heavy atom. The van der Waals surface area contributed by atoms with Gasteiger partial charge in [-0.1, -0.05) is 12.1 Å². The van der Waals surface area contributed by atoms with Crippen LogP contribution in [0.15, 0.2) is 48.7 Å². The van der Waals surface area contributed by atoms with Crippen LogP contribution in [0.2, 0.25) is 0 Å². The van der Waals surface area contributed by atoms with Gasteiger partial charge in [-0.2, -0.15) is 5.26 Å². The molecule has 0 aliphatic carbocycles. The van der Waals surface area contributed by atoms with Gasteiger partial charge < -0.3 is 10.2 Å². The van der Waals surface area contributed by atoms with E-state index in [4.69, 9.17) is 5.26 Å². The fourth-order valence-corrected chi connectivity index (χ4v) is 2.89. The summed E-state index contributed by atoms with van der Waals surface area (Å²) in [6.45, 7) is 4.42. The lowest BCUT2D eigenvalue weighted by Gasteiger charge is -2.35. The molecule has 1 N–H and O–H groups in total. The molecule has 1 saturated heterocycles. The predicted octanol–water partition coefficient (Wildman–Crippen LogP) is 2.10. The van der Waals surface area contributed by atoms with Gasteiger partial charge in [0.2, 0.25) is 5.91 Å². The van der Waals surface area contributed by atoms with Crippen LogP contribution in [-0.2, 0) is 4.79 Å². The zero-order chi connectivity index (χ0) is 17.5. The van der Waals surface area contributed by atoms with Gasteiger partial charge >= 0.3 is 0 Å². The SMILES string of the molecule is N#Cc1cccc(NC(=O)CCN2CCN(c3ccccn3)CC2)c1. The number of nitriles is 1. The molecule has 3 rings (SSSR count). The van der Waals surface area contributed by atoms with E-state index >= 15 is 0 Å². The Morgan fingerprint density at radius 3 is 2.72 bits per heavy atom. The number of anilines is 2. The molecule has 1 aromatic carbocycles. The first-order valence-electron chi connectivity index (χ1n) is 8.43. The van der Waals surface area contributed by atoms with Crippen LogP contribution < -0.4 is 10.2 Å². The number of benzene rings is 1. The van der Waals surface area contributed by atoms with Crippen molar-refractivity contribution in [2.24, 2.45) is 0 Å². The Morgan fingerprint density at radius 1 is 1.16 bits per heavy atom. The van der Waals surface area contributed by atoms with Crippen molar-refractivity contribution in [1.82, 2.24) is 9.88 Å². The van der Waals surface area contributed by atoms with Crippen LogP contribution in [0.4, 0.5) is 11.5 Å². The van der Waals surface area contributed by atoms with E-state index in [1.807, 2.05) is 24.4 Å². The van der Waals surface area contributed by atoms with E-state index in [2.05, 4.69) is 26.2 Å². The number of rotatable bonds is 5. The van der Waals surface area contributed by atoms with E-state index in [0.29, 0.717) is 17.7 Å². The molecule has 2 heterocycles. The van der Waals surface area contributed by atoms with E-state index in [1.54, 1.807) is 24.3 Å². The quantitative estimate of drug-likeness (QED) is 0.906. The highest BCUT2D eigenvalue weighted by atomic mass is 16.1. The summed E-state index contributed by atoms with van der Waals surface area (Å²) in [4.78, 5) is 21.0. The third-order valence-electron chi connectivity index (χ3n) is 4.28. The number of nitrogens with zero attached hydrogens (tertiary/aromatic N) is 4. The van der Waals surface area contributed by atoms with Gasteiger partial charge in [-0.05, 0) is 30.3 Å². The fourth-order valence-electron chi connectivity index (χ4n) is 2.89. The zero-order valence-electron chi connectivity index (χ0n) is 14.1. The maximum Gasteiger partial charge on any atom is 0.225 e.